The van der Waals surface area contributed by atoms with Gasteiger partial charge in [0.1, 0.15) is 5.54 Å². The first-order valence-electron chi connectivity index (χ1n) is 5.82. The van der Waals surface area contributed by atoms with Crippen molar-refractivity contribution in [1.29, 1.82) is 0 Å². The third-order valence-corrected chi connectivity index (χ3v) is 3.22. The summed E-state index contributed by atoms with van der Waals surface area (Å²) in [7, 11) is 3.37. The van der Waals surface area contributed by atoms with Gasteiger partial charge in [-0.05, 0) is 32.9 Å². The Morgan fingerprint density at radius 3 is 2.41 bits per heavy atom. The number of hydrogen-bond acceptors (Lipinski definition) is 3. The number of methoxy groups -OCH3 is 1. The van der Waals surface area contributed by atoms with Crippen LogP contribution in [-0.4, -0.2) is 37.1 Å². The summed E-state index contributed by atoms with van der Waals surface area (Å²) in [6, 6.07) is 10.3. The van der Waals surface area contributed by atoms with Crippen LogP contribution in [0.25, 0.3) is 0 Å². The molecular weight excluding hydrogens is 214 g/mol. The Morgan fingerprint density at radius 1 is 1.29 bits per heavy atom. The van der Waals surface area contributed by atoms with Crippen molar-refractivity contribution >= 4 is 5.97 Å². The number of likely N-dealkylation sites (N-methyl/N-ethyl adjacent to an activating group) is 1. The molecular formula is C14H21NO2. The summed E-state index contributed by atoms with van der Waals surface area (Å²) in [4.78, 5) is 13.6. The third-order valence-electron chi connectivity index (χ3n) is 3.22. The van der Waals surface area contributed by atoms with Gasteiger partial charge >= 0.3 is 5.97 Å². The molecule has 0 spiro atoms. The maximum Gasteiger partial charge on any atom is 0.325 e. The molecule has 1 rings (SSSR count). The van der Waals surface area contributed by atoms with E-state index < -0.39 is 5.54 Å². The van der Waals surface area contributed by atoms with E-state index in [9.17, 15) is 4.79 Å². The standard InChI is InChI=1S/C14H21NO2/c1-14(2,13(16)17-4)15(3)11-10-12-8-6-5-7-9-12/h5-9H,10-11H2,1-4H3. The minimum atomic E-state index is -0.580. The first-order valence-corrected chi connectivity index (χ1v) is 5.82. The van der Waals surface area contributed by atoms with Crippen LogP contribution in [0.5, 0.6) is 0 Å². The average molecular weight is 235 g/mol. The van der Waals surface area contributed by atoms with Crippen molar-refractivity contribution in [3.8, 4) is 0 Å². The summed E-state index contributed by atoms with van der Waals surface area (Å²) in [5.74, 6) is -0.201. The number of nitrogens with zero attached hydrogens (tertiary/aromatic N) is 1. The molecule has 1 aromatic rings. The molecule has 0 fully saturated rings. The van der Waals surface area contributed by atoms with Crippen molar-refractivity contribution < 1.29 is 9.53 Å². The fourth-order valence-electron chi connectivity index (χ4n) is 1.63. The number of carbonyl (C=O) groups is 1. The highest BCUT2D eigenvalue weighted by Crippen LogP contribution is 2.14. The normalized spacial score (nSPS) is 11.6. The summed E-state index contributed by atoms with van der Waals surface area (Å²) >= 11 is 0. The van der Waals surface area contributed by atoms with Gasteiger partial charge in [0.2, 0.25) is 0 Å². The minimum absolute atomic E-state index is 0.201. The van der Waals surface area contributed by atoms with Crippen LogP contribution in [0.1, 0.15) is 19.4 Å². The Bertz CT molecular complexity index is 360. The van der Waals surface area contributed by atoms with Gasteiger partial charge < -0.3 is 4.74 Å². The third kappa shape index (κ3) is 3.56. The lowest BCUT2D eigenvalue weighted by Crippen LogP contribution is -2.49. The number of esters is 1. The molecule has 94 valence electrons. The van der Waals surface area contributed by atoms with Gasteiger partial charge in [0, 0.05) is 6.54 Å². The van der Waals surface area contributed by atoms with Crippen molar-refractivity contribution in [3.05, 3.63) is 35.9 Å². The maximum absolute atomic E-state index is 11.6. The molecule has 0 saturated carbocycles. The van der Waals surface area contributed by atoms with Crippen LogP contribution in [-0.2, 0) is 16.0 Å². The van der Waals surface area contributed by atoms with Crippen LogP contribution in [0.3, 0.4) is 0 Å². The van der Waals surface area contributed by atoms with E-state index in [1.165, 1.54) is 12.7 Å². The minimum Gasteiger partial charge on any atom is -0.468 e. The zero-order chi connectivity index (χ0) is 12.9. The average Bonchev–Trinajstić information content (AvgIpc) is 2.35. The van der Waals surface area contributed by atoms with Crippen molar-refractivity contribution in [3.63, 3.8) is 0 Å². The van der Waals surface area contributed by atoms with Crippen molar-refractivity contribution in [1.82, 2.24) is 4.90 Å². The molecule has 0 atom stereocenters. The van der Waals surface area contributed by atoms with E-state index >= 15 is 0 Å². The first kappa shape index (κ1) is 13.7. The smallest absolute Gasteiger partial charge is 0.325 e. The van der Waals surface area contributed by atoms with Crippen molar-refractivity contribution in [2.45, 2.75) is 25.8 Å². The van der Waals surface area contributed by atoms with Gasteiger partial charge in [-0.15, -0.1) is 0 Å². The van der Waals surface area contributed by atoms with Crippen LogP contribution in [0, 0.1) is 0 Å². The van der Waals surface area contributed by atoms with Crippen molar-refractivity contribution in [2.75, 3.05) is 20.7 Å². The number of carbonyl (C=O) groups excluding carboxylic acids is 1. The number of benzene rings is 1. The highest BCUT2D eigenvalue weighted by atomic mass is 16.5. The molecule has 0 N–H and O–H groups in total. The SMILES string of the molecule is COC(=O)C(C)(C)N(C)CCc1ccccc1. The lowest BCUT2D eigenvalue weighted by molar-refractivity contribution is -0.152. The molecule has 17 heavy (non-hydrogen) atoms. The molecule has 0 heterocycles. The molecule has 0 aromatic heterocycles. The molecule has 0 amide bonds. The van der Waals surface area contributed by atoms with Gasteiger partial charge in [0.05, 0.1) is 7.11 Å². The fourth-order valence-corrected chi connectivity index (χ4v) is 1.63. The molecule has 3 heteroatoms. The predicted molar refractivity (Wildman–Crippen MR) is 68.9 cm³/mol. The summed E-state index contributed by atoms with van der Waals surface area (Å²) in [5, 5.41) is 0. The predicted octanol–water partition coefficient (Wildman–Crippen LogP) is 2.11. The maximum atomic E-state index is 11.6. The van der Waals surface area contributed by atoms with E-state index in [2.05, 4.69) is 12.1 Å². The van der Waals surface area contributed by atoms with E-state index in [-0.39, 0.29) is 5.97 Å². The number of rotatable bonds is 5. The first-order chi connectivity index (χ1) is 7.98. The van der Waals surface area contributed by atoms with E-state index in [1.807, 2.05) is 44.0 Å². The summed E-state index contributed by atoms with van der Waals surface area (Å²) < 4.78 is 4.81. The zero-order valence-electron chi connectivity index (χ0n) is 11.1. The lowest BCUT2D eigenvalue weighted by atomic mass is 10.0. The second kappa shape index (κ2) is 5.82. The molecule has 0 bridgehead atoms. The summed E-state index contributed by atoms with van der Waals surface area (Å²) in [6.07, 6.45) is 0.928. The molecule has 0 aliphatic rings. The Hall–Kier alpha value is -1.35. The molecule has 1 aromatic carbocycles. The molecule has 0 saturated heterocycles. The summed E-state index contributed by atoms with van der Waals surface area (Å²) in [6.45, 7) is 4.58. The Labute approximate surface area is 103 Å². The van der Waals surface area contributed by atoms with E-state index in [0.29, 0.717) is 0 Å². The Morgan fingerprint density at radius 2 is 1.88 bits per heavy atom. The topological polar surface area (TPSA) is 29.5 Å². The Kier molecular flexibility index (Phi) is 4.70. The van der Waals surface area contributed by atoms with Gasteiger partial charge in [-0.25, -0.2) is 0 Å². The lowest BCUT2D eigenvalue weighted by Gasteiger charge is -2.32. The number of hydrogen-bond donors (Lipinski definition) is 0. The molecule has 0 aliphatic carbocycles. The van der Waals surface area contributed by atoms with E-state index in [4.69, 9.17) is 4.74 Å². The number of ether oxygens (including phenoxy) is 1. The van der Waals surface area contributed by atoms with Crippen LogP contribution >= 0.6 is 0 Å². The van der Waals surface area contributed by atoms with Gasteiger partial charge in [0.25, 0.3) is 0 Å². The second-order valence-electron chi connectivity index (χ2n) is 4.71. The quantitative estimate of drug-likeness (QED) is 0.732. The van der Waals surface area contributed by atoms with E-state index in [0.717, 1.165) is 13.0 Å². The van der Waals surface area contributed by atoms with Gasteiger partial charge in [-0.3, -0.25) is 9.69 Å². The largest absolute Gasteiger partial charge is 0.468 e. The van der Waals surface area contributed by atoms with Crippen LogP contribution < -0.4 is 0 Å². The second-order valence-corrected chi connectivity index (χ2v) is 4.71. The Balaban J connectivity index is 2.55. The van der Waals surface area contributed by atoms with Crippen LogP contribution in [0.2, 0.25) is 0 Å². The van der Waals surface area contributed by atoms with Crippen LogP contribution in [0.15, 0.2) is 30.3 Å². The molecule has 0 aliphatic heterocycles. The summed E-state index contributed by atoms with van der Waals surface area (Å²) in [5.41, 5.74) is 0.698. The zero-order valence-corrected chi connectivity index (χ0v) is 11.1. The molecule has 3 nitrogen and oxygen atoms in total. The van der Waals surface area contributed by atoms with E-state index in [1.54, 1.807) is 0 Å². The van der Waals surface area contributed by atoms with Gasteiger partial charge in [0.15, 0.2) is 0 Å². The fraction of sp³-hybridized carbons (Fsp3) is 0.500. The van der Waals surface area contributed by atoms with Crippen LogP contribution in [0.4, 0.5) is 0 Å². The van der Waals surface area contributed by atoms with Gasteiger partial charge in [-0.2, -0.15) is 0 Å². The highest BCUT2D eigenvalue weighted by molar-refractivity contribution is 5.79. The monoisotopic (exact) mass is 235 g/mol. The molecule has 0 radical (unpaired) electrons. The van der Waals surface area contributed by atoms with Gasteiger partial charge in [-0.1, -0.05) is 30.3 Å². The molecule has 0 unspecified atom stereocenters. The highest BCUT2D eigenvalue weighted by Gasteiger charge is 2.32. The van der Waals surface area contributed by atoms with Crippen molar-refractivity contribution in [2.24, 2.45) is 0 Å².